The molecule has 3 aromatic heterocycles. The molecule has 0 aliphatic heterocycles. The molecule has 0 spiro atoms. The van der Waals surface area contributed by atoms with Crippen LogP contribution in [0.4, 0.5) is 16.0 Å². The van der Waals surface area contributed by atoms with Crippen molar-refractivity contribution in [2.45, 2.75) is 46.1 Å². The van der Waals surface area contributed by atoms with Gasteiger partial charge in [0.15, 0.2) is 11.6 Å². The molecule has 0 aliphatic rings. The Balaban J connectivity index is 1.48. The lowest BCUT2D eigenvalue weighted by molar-refractivity contribution is 0.0978. The first-order chi connectivity index (χ1) is 16.1. The predicted octanol–water partition coefficient (Wildman–Crippen LogP) is 3.63. The number of hydrogen-bond acceptors (Lipinski definition) is 8. The van der Waals surface area contributed by atoms with E-state index < -0.39 is 5.82 Å². The topological polar surface area (TPSA) is 116 Å². The molecule has 0 fully saturated rings. The van der Waals surface area contributed by atoms with Crippen molar-refractivity contribution in [3.63, 3.8) is 0 Å². The highest BCUT2D eigenvalue weighted by atomic mass is 19.1. The number of rotatable bonds is 7. The number of nitrogens with one attached hydrogen (secondary N) is 1. The fourth-order valence-corrected chi connectivity index (χ4v) is 3.37. The number of carbonyl (C=O) groups is 1. The summed E-state index contributed by atoms with van der Waals surface area (Å²) in [5, 5.41) is 15.1. The Labute approximate surface area is 196 Å². The smallest absolute Gasteiger partial charge is 0.230 e. The van der Waals surface area contributed by atoms with Crippen LogP contribution in [0.3, 0.4) is 0 Å². The SMILES string of the molecule is Cc1c(CCC(=O)c2cn(C(C)(C)C)nn2)ccc(-c2ncnc(Nc3cnn(C)c3)n2)c1F. The monoisotopic (exact) mass is 463 g/mol. The van der Waals surface area contributed by atoms with Crippen LogP contribution in [0.25, 0.3) is 11.4 Å². The number of nitrogens with zero attached hydrogens (tertiary/aromatic N) is 8. The Morgan fingerprint density at radius 1 is 1.18 bits per heavy atom. The molecular formula is C23H26FN9O. The zero-order valence-electron chi connectivity index (χ0n) is 19.7. The average Bonchev–Trinajstić information content (AvgIpc) is 3.44. The summed E-state index contributed by atoms with van der Waals surface area (Å²) >= 11 is 0. The number of halogens is 1. The maximum absolute atomic E-state index is 15.2. The second-order valence-corrected chi connectivity index (χ2v) is 9.01. The molecule has 0 atom stereocenters. The van der Waals surface area contributed by atoms with Crippen LogP contribution in [-0.4, -0.2) is 45.5 Å². The van der Waals surface area contributed by atoms with Gasteiger partial charge in [0.25, 0.3) is 0 Å². The van der Waals surface area contributed by atoms with Gasteiger partial charge in [-0.15, -0.1) is 5.10 Å². The second-order valence-electron chi connectivity index (χ2n) is 9.01. The van der Waals surface area contributed by atoms with Crippen LogP contribution in [0.15, 0.2) is 37.1 Å². The van der Waals surface area contributed by atoms with E-state index in [0.29, 0.717) is 23.4 Å². The molecule has 1 N–H and O–H groups in total. The summed E-state index contributed by atoms with van der Waals surface area (Å²) in [5.41, 5.74) is 2.20. The van der Waals surface area contributed by atoms with Crippen LogP contribution in [0.2, 0.25) is 0 Å². The third-order valence-electron chi connectivity index (χ3n) is 5.36. The van der Waals surface area contributed by atoms with Gasteiger partial charge in [-0.3, -0.25) is 9.48 Å². The zero-order chi connectivity index (χ0) is 24.5. The van der Waals surface area contributed by atoms with Gasteiger partial charge in [-0.2, -0.15) is 10.1 Å². The van der Waals surface area contributed by atoms with E-state index in [1.165, 1.54) is 6.33 Å². The largest absolute Gasteiger partial charge is 0.321 e. The van der Waals surface area contributed by atoms with Crippen LogP contribution in [-0.2, 0) is 19.0 Å². The number of ketones is 1. The summed E-state index contributed by atoms with van der Waals surface area (Å²) in [6, 6.07) is 3.42. The van der Waals surface area contributed by atoms with Crippen LogP contribution in [0.1, 0.15) is 48.8 Å². The van der Waals surface area contributed by atoms with Gasteiger partial charge in [-0.25, -0.2) is 19.0 Å². The number of aryl methyl sites for hydroxylation is 2. The minimum Gasteiger partial charge on any atom is -0.321 e. The Hall–Kier alpha value is -4.02. The quantitative estimate of drug-likeness (QED) is 0.413. The van der Waals surface area contributed by atoms with Crippen molar-refractivity contribution >= 4 is 17.4 Å². The fraction of sp³-hybridized carbons (Fsp3) is 0.348. The summed E-state index contributed by atoms with van der Waals surface area (Å²) < 4.78 is 18.5. The molecule has 4 rings (SSSR count). The van der Waals surface area contributed by atoms with Crippen molar-refractivity contribution in [3.8, 4) is 11.4 Å². The Morgan fingerprint density at radius 2 is 1.97 bits per heavy atom. The van der Waals surface area contributed by atoms with Crippen LogP contribution < -0.4 is 5.32 Å². The maximum atomic E-state index is 15.2. The lowest BCUT2D eigenvalue weighted by Crippen LogP contribution is -2.22. The lowest BCUT2D eigenvalue weighted by atomic mass is 9.98. The van der Waals surface area contributed by atoms with Crippen molar-refractivity contribution in [1.29, 1.82) is 0 Å². The highest BCUT2D eigenvalue weighted by Gasteiger charge is 2.19. The Bertz CT molecular complexity index is 1340. The molecule has 0 amide bonds. The van der Waals surface area contributed by atoms with Gasteiger partial charge < -0.3 is 5.32 Å². The van der Waals surface area contributed by atoms with Gasteiger partial charge >= 0.3 is 0 Å². The van der Waals surface area contributed by atoms with E-state index >= 15 is 4.39 Å². The molecule has 11 heteroatoms. The van der Waals surface area contributed by atoms with Crippen molar-refractivity contribution in [3.05, 3.63) is 59.7 Å². The van der Waals surface area contributed by atoms with Crippen molar-refractivity contribution in [2.75, 3.05) is 5.32 Å². The zero-order valence-corrected chi connectivity index (χ0v) is 19.7. The van der Waals surface area contributed by atoms with Crippen molar-refractivity contribution < 1.29 is 9.18 Å². The first-order valence-electron chi connectivity index (χ1n) is 10.8. The molecule has 0 saturated heterocycles. The van der Waals surface area contributed by atoms with E-state index in [0.717, 1.165) is 5.56 Å². The fourth-order valence-electron chi connectivity index (χ4n) is 3.37. The molecule has 176 valence electrons. The van der Waals surface area contributed by atoms with Crippen LogP contribution in [0, 0.1) is 12.7 Å². The molecule has 1 aromatic carbocycles. The molecule has 0 bridgehead atoms. The Morgan fingerprint density at radius 3 is 2.65 bits per heavy atom. The lowest BCUT2D eigenvalue weighted by Gasteiger charge is -2.17. The van der Waals surface area contributed by atoms with Gasteiger partial charge in [-0.1, -0.05) is 11.3 Å². The summed E-state index contributed by atoms with van der Waals surface area (Å²) in [4.78, 5) is 25.1. The third kappa shape index (κ3) is 4.98. The maximum Gasteiger partial charge on any atom is 0.230 e. The van der Waals surface area contributed by atoms with Gasteiger partial charge in [0.1, 0.15) is 17.8 Å². The number of hydrogen-bond donors (Lipinski definition) is 1. The number of carbonyl (C=O) groups excluding carboxylic acids is 1. The number of Topliss-reactive ketones (excluding diaryl/α,β-unsaturated/α-hetero) is 1. The summed E-state index contributed by atoms with van der Waals surface area (Å²) in [5.74, 6) is -0.0680. The van der Waals surface area contributed by atoms with E-state index in [9.17, 15) is 4.79 Å². The normalized spacial score (nSPS) is 11.6. The minimum absolute atomic E-state index is 0.136. The summed E-state index contributed by atoms with van der Waals surface area (Å²) in [6.45, 7) is 7.63. The molecule has 3 heterocycles. The molecule has 0 aliphatic carbocycles. The van der Waals surface area contributed by atoms with E-state index in [-0.39, 0.29) is 35.1 Å². The van der Waals surface area contributed by atoms with Gasteiger partial charge in [0.2, 0.25) is 5.95 Å². The summed E-state index contributed by atoms with van der Waals surface area (Å²) in [6.07, 6.45) is 6.97. The Kier molecular flexibility index (Phi) is 6.18. The predicted molar refractivity (Wildman–Crippen MR) is 124 cm³/mol. The van der Waals surface area contributed by atoms with Gasteiger partial charge in [0.05, 0.1) is 29.2 Å². The van der Waals surface area contributed by atoms with Crippen LogP contribution >= 0.6 is 0 Å². The second kappa shape index (κ2) is 9.08. The van der Waals surface area contributed by atoms with E-state index in [1.54, 1.807) is 54.1 Å². The summed E-state index contributed by atoms with van der Waals surface area (Å²) in [7, 11) is 1.80. The third-order valence-corrected chi connectivity index (χ3v) is 5.36. The molecule has 10 nitrogen and oxygen atoms in total. The first-order valence-corrected chi connectivity index (χ1v) is 10.8. The minimum atomic E-state index is -0.429. The molecule has 0 unspecified atom stereocenters. The van der Waals surface area contributed by atoms with E-state index in [4.69, 9.17) is 0 Å². The van der Waals surface area contributed by atoms with E-state index in [1.807, 2.05) is 20.8 Å². The first kappa shape index (κ1) is 23.1. The average molecular weight is 464 g/mol. The van der Waals surface area contributed by atoms with Gasteiger partial charge in [0, 0.05) is 19.7 Å². The number of aromatic nitrogens is 8. The van der Waals surface area contributed by atoms with Crippen LogP contribution in [0.5, 0.6) is 0 Å². The standard InChI is InChI=1S/C23H26FN9O/c1-14-15(7-9-19(34)18-12-33(31-30-18)23(2,3)4)6-8-17(20(14)24)21-25-13-26-22(29-21)28-16-10-27-32(5)11-16/h6,8,10-13H,7,9H2,1-5H3,(H,25,26,28,29). The van der Waals surface area contributed by atoms with Crippen molar-refractivity contribution in [1.82, 2.24) is 39.7 Å². The molecular weight excluding hydrogens is 437 g/mol. The highest BCUT2D eigenvalue weighted by molar-refractivity contribution is 5.94. The number of anilines is 2. The molecule has 0 saturated carbocycles. The molecule has 34 heavy (non-hydrogen) atoms. The molecule has 0 radical (unpaired) electrons. The number of benzene rings is 1. The van der Waals surface area contributed by atoms with Crippen molar-refractivity contribution in [2.24, 2.45) is 7.05 Å². The van der Waals surface area contributed by atoms with Gasteiger partial charge in [-0.05, 0) is 51.3 Å². The van der Waals surface area contributed by atoms with E-state index in [2.05, 4.69) is 35.7 Å². The molecule has 4 aromatic rings. The highest BCUT2D eigenvalue weighted by Crippen LogP contribution is 2.26.